The number of hydrogen-bond acceptors (Lipinski definition) is 3. The molecular formula is C18H21N3O2. The number of benzene rings is 2. The summed E-state index contributed by atoms with van der Waals surface area (Å²) in [5.41, 5.74) is 3.26. The van der Waals surface area contributed by atoms with Gasteiger partial charge in [0.15, 0.2) is 0 Å². The Kier molecular flexibility index (Phi) is 5.74. The van der Waals surface area contributed by atoms with E-state index in [0.717, 1.165) is 16.9 Å². The van der Waals surface area contributed by atoms with Crippen LogP contribution in [0.1, 0.15) is 22.8 Å². The summed E-state index contributed by atoms with van der Waals surface area (Å²) in [6, 6.07) is 14.7. The second kappa shape index (κ2) is 7.98. The van der Waals surface area contributed by atoms with E-state index in [0.29, 0.717) is 12.1 Å². The lowest BCUT2D eigenvalue weighted by Crippen LogP contribution is -2.23. The van der Waals surface area contributed by atoms with Crippen LogP contribution < -0.4 is 16.0 Å². The van der Waals surface area contributed by atoms with Gasteiger partial charge >= 0.3 is 0 Å². The molecule has 0 radical (unpaired) electrons. The highest BCUT2D eigenvalue weighted by atomic mass is 16.2. The fraction of sp³-hybridized carbons (Fsp3) is 0.222. The lowest BCUT2D eigenvalue weighted by molar-refractivity contribution is -0.114. The normalized spacial score (nSPS) is 10.0. The van der Waals surface area contributed by atoms with Crippen LogP contribution >= 0.6 is 0 Å². The minimum absolute atomic E-state index is 0.101. The summed E-state index contributed by atoms with van der Waals surface area (Å²) in [5, 5.41) is 8.61. The minimum atomic E-state index is -0.122. The molecule has 2 aromatic rings. The van der Waals surface area contributed by atoms with Crippen molar-refractivity contribution in [2.45, 2.75) is 13.8 Å². The summed E-state index contributed by atoms with van der Waals surface area (Å²) in [6.45, 7) is 4.61. The van der Waals surface area contributed by atoms with E-state index in [1.54, 1.807) is 24.3 Å². The lowest BCUT2D eigenvalue weighted by atomic mass is 10.2. The summed E-state index contributed by atoms with van der Waals surface area (Å²) >= 11 is 0. The molecule has 2 aromatic carbocycles. The highest BCUT2D eigenvalue weighted by Crippen LogP contribution is 2.11. The molecule has 0 spiro atoms. The fourth-order valence-electron chi connectivity index (χ4n) is 2.11. The van der Waals surface area contributed by atoms with Crippen molar-refractivity contribution in [1.29, 1.82) is 0 Å². The topological polar surface area (TPSA) is 70.2 Å². The Balaban J connectivity index is 1.85. The molecule has 3 N–H and O–H groups in total. The summed E-state index contributed by atoms with van der Waals surface area (Å²) in [4.78, 5) is 23.6. The first-order valence-corrected chi connectivity index (χ1v) is 7.57. The van der Waals surface area contributed by atoms with E-state index in [4.69, 9.17) is 0 Å². The van der Waals surface area contributed by atoms with E-state index in [1.165, 1.54) is 0 Å². The average molecular weight is 311 g/mol. The van der Waals surface area contributed by atoms with Crippen molar-refractivity contribution in [1.82, 2.24) is 5.32 Å². The van der Waals surface area contributed by atoms with Gasteiger partial charge in [0.25, 0.3) is 5.91 Å². The van der Waals surface area contributed by atoms with Crippen molar-refractivity contribution in [3.63, 3.8) is 0 Å². The molecular weight excluding hydrogens is 290 g/mol. The Morgan fingerprint density at radius 1 is 1.00 bits per heavy atom. The van der Waals surface area contributed by atoms with Crippen LogP contribution in [0.5, 0.6) is 0 Å². The Labute approximate surface area is 136 Å². The predicted molar refractivity (Wildman–Crippen MR) is 92.7 cm³/mol. The van der Waals surface area contributed by atoms with Crippen molar-refractivity contribution >= 4 is 23.2 Å². The van der Waals surface area contributed by atoms with Gasteiger partial charge in [-0.15, -0.1) is 0 Å². The van der Waals surface area contributed by atoms with E-state index >= 15 is 0 Å². The zero-order chi connectivity index (χ0) is 16.7. The monoisotopic (exact) mass is 311 g/mol. The number of aryl methyl sites for hydroxylation is 1. The molecule has 2 amide bonds. The number of carbonyl (C=O) groups excluding carboxylic acids is 2. The lowest BCUT2D eigenvalue weighted by Gasteiger charge is -2.09. The molecule has 0 saturated carbocycles. The molecule has 23 heavy (non-hydrogen) atoms. The second-order valence-corrected chi connectivity index (χ2v) is 5.21. The van der Waals surface area contributed by atoms with Crippen LogP contribution in [0.4, 0.5) is 11.4 Å². The number of nitrogens with one attached hydrogen (secondary N) is 3. The molecule has 120 valence electrons. The SMILES string of the molecule is CCNC(=O)c1ccc(NCC(=O)Nc2cccc(C)c2)cc1. The van der Waals surface area contributed by atoms with Crippen molar-refractivity contribution in [3.8, 4) is 0 Å². The van der Waals surface area contributed by atoms with Crippen molar-refractivity contribution < 1.29 is 9.59 Å². The fourth-order valence-corrected chi connectivity index (χ4v) is 2.11. The van der Waals surface area contributed by atoms with Crippen molar-refractivity contribution in [3.05, 3.63) is 59.7 Å². The number of rotatable bonds is 6. The third-order valence-corrected chi connectivity index (χ3v) is 3.24. The molecule has 5 nitrogen and oxygen atoms in total. The first-order valence-electron chi connectivity index (χ1n) is 7.57. The van der Waals surface area contributed by atoms with Gasteiger partial charge in [0.05, 0.1) is 6.54 Å². The van der Waals surface area contributed by atoms with E-state index in [2.05, 4.69) is 16.0 Å². The molecule has 0 heterocycles. The van der Waals surface area contributed by atoms with E-state index in [-0.39, 0.29) is 18.4 Å². The van der Waals surface area contributed by atoms with Gasteiger partial charge in [0.1, 0.15) is 0 Å². The third kappa shape index (κ3) is 5.14. The Morgan fingerprint density at radius 2 is 1.74 bits per heavy atom. The Bertz CT molecular complexity index is 681. The van der Waals surface area contributed by atoms with E-state index in [9.17, 15) is 9.59 Å². The van der Waals surface area contributed by atoms with Crippen molar-refractivity contribution in [2.75, 3.05) is 23.7 Å². The first-order chi connectivity index (χ1) is 11.1. The minimum Gasteiger partial charge on any atom is -0.376 e. The molecule has 0 saturated heterocycles. The van der Waals surface area contributed by atoms with Crippen LogP contribution in [0.15, 0.2) is 48.5 Å². The van der Waals surface area contributed by atoms with Gasteiger partial charge in [-0.2, -0.15) is 0 Å². The quantitative estimate of drug-likeness (QED) is 0.768. The summed E-state index contributed by atoms with van der Waals surface area (Å²) in [5.74, 6) is -0.223. The highest BCUT2D eigenvalue weighted by molar-refractivity contribution is 5.95. The first kappa shape index (κ1) is 16.5. The van der Waals surface area contributed by atoms with Crippen LogP contribution in [-0.4, -0.2) is 24.9 Å². The molecule has 0 aliphatic heterocycles. The van der Waals surface area contributed by atoms with Crippen molar-refractivity contribution in [2.24, 2.45) is 0 Å². The predicted octanol–water partition coefficient (Wildman–Crippen LogP) is 2.80. The summed E-state index contributed by atoms with van der Waals surface area (Å²) in [7, 11) is 0. The number of anilines is 2. The molecule has 0 atom stereocenters. The Morgan fingerprint density at radius 3 is 2.39 bits per heavy atom. The largest absolute Gasteiger partial charge is 0.376 e. The molecule has 5 heteroatoms. The molecule has 0 fully saturated rings. The molecule has 0 aromatic heterocycles. The summed E-state index contributed by atoms with van der Waals surface area (Å²) in [6.07, 6.45) is 0. The zero-order valence-electron chi connectivity index (χ0n) is 13.3. The zero-order valence-corrected chi connectivity index (χ0v) is 13.3. The number of amides is 2. The van der Waals surface area contributed by atoms with Gasteiger partial charge in [0.2, 0.25) is 5.91 Å². The standard InChI is InChI=1S/C18H21N3O2/c1-3-19-18(23)14-7-9-15(10-8-14)20-12-17(22)21-16-6-4-5-13(2)11-16/h4-11,20H,3,12H2,1-2H3,(H,19,23)(H,21,22). The Hall–Kier alpha value is -2.82. The van der Waals surface area contributed by atoms with Gasteiger partial charge < -0.3 is 16.0 Å². The van der Waals surface area contributed by atoms with Crippen LogP contribution in [-0.2, 0) is 4.79 Å². The van der Waals surface area contributed by atoms with E-state index < -0.39 is 0 Å². The van der Waals surface area contributed by atoms with Gasteiger partial charge in [-0.05, 0) is 55.8 Å². The van der Waals surface area contributed by atoms with Crippen LogP contribution in [0, 0.1) is 6.92 Å². The van der Waals surface area contributed by atoms with Crippen LogP contribution in [0.2, 0.25) is 0 Å². The molecule has 0 aliphatic carbocycles. The van der Waals surface area contributed by atoms with Gasteiger partial charge in [-0.25, -0.2) is 0 Å². The van der Waals surface area contributed by atoms with Gasteiger partial charge in [-0.3, -0.25) is 9.59 Å². The molecule has 2 rings (SSSR count). The molecule has 0 aliphatic rings. The molecule has 0 bridgehead atoms. The second-order valence-electron chi connectivity index (χ2n) is 5.21. The summed E-state index contributed by atoms with van der Waals surface area (Å²) < 4.78 is 0. The van der Waals surface area contributed by atoms with Crippen LogP contribution in [0.25, 0.3) is 0 Å². The average Bonchev–Trinajstić information content (AvgIpc) is 2.54. The van der Waals surface area contributed by atoms with Gasteiger partial charge in [-0.1, -0.05) is 12.1 Å². The maximum absolute atomic E-state index is 11.9. The molecule has 0 unspecified atom stereocenters. The highest BCUT2D eigenvalue weighted by Gasteiger charge is 2.05. The van der Waals surface area contributed by atoms with E-state index in [1.807, 2.05) is 38.1 Å². The van der Waals surface area contributed by atoms with Crippen LogP contribution in [0.3, 0.4) is 0 Å². The number of carbonyl (C=O) groups is 2. The van der Waals surface area contributed by atoms with Gasteiger partial charge in [0, 0.05) is 23.5 Å². The maximum atomic E-state index is 11.9. The maximum Gasteiger partial charge on any atom is 0.251 e. The third-order valence-electron chi connectivity index (χ3n) is 3.24. The smallest absolute Gasteiger partial charge is 0.251 e. The number of hydrogen-bond donors (Lipinski definition) is 3.